The number of aromatic nitrogens is 3. The lowest BCUT2D eigenvalue weighted by Crippen LogP contribution is -2.39. The number of nitrogens with zero attached hydrogens (tertiary/aromatic N) is 4. The Labute approximate surface area is 196 Å². The minimum Gasteiger partial charge on any atom is -0.494 e. The van der Waals surface area contributed by atoms with Gasteiger partial charge in [-0.15, -0.1) is 0 Å². The maximum absolute atomic E-state index is 12.8. The van der Waals surface area contributed by atoms with Gasteiger partial charge < -0.3 is 14.4 Å². The summed E-state index contributed by atoms with van der Waals surface area (Å²) in [5.41, 5.74) is 2.42. The number of rotatable bonds is 4. The van der Waals surface area contributed by atoms with Crippen LogP contribution < -0.4 is 10.1 Å². The summed E-state index contributed by atoms with van der Waals surface area (Å²) in [5.74, 6) is 0.313. The molecule has 4 rings (SSSR count). The molecule has 1 aliphatic rings. The van der Waals surface area contributed by atoms with Crippen molar-refractivity contribution in [2.24, 2.45) is 0 Å². The van der Waals surface area contributed by atoms with E-state index in [4.69, 9.17) is 9.47 Å². The number of methoxy groups -OCH3 is 1. The number of nitrogens with one attached hydrogen (secondary N) is 1. The normalized spacial score (nSPS) is 13.4. The monoisotopic (exact) mass is 469 g/mol. The average Bonchev–Trinajstić information content (AvgIpc) is 3.38. The van der Waals surface area contributed by atoms with Crippen LogP contribution in [0.2, 0.25) is 0 Å². The van der Waals surface area contributed by atoms with E-state index in [1.807, 2.05) is 45.9 Å². The summed E-state index contributed by atoms with van der Waals surface area (Å²) in [6.07, 6.45) is 1.99. The SMILES string of the molecule is COc1ccc(C)cc1-n1ccc(C(=O)Nc2nc3c(s2)CN(C(=O)OC(C)(C)C)CC3)n1. The number of aryl methyl sites for hydroxylation is 1. The van der Waals surface area contributed by atoms with Crippen molar-refractivity contribution in [3.63, 3.8) is 0 Å². The summed E-state index contributed by atoms with van der Waals surface area (Å²) in [4.78, 5) is 32.3. The van der Waals surface area contributed by atoms with Crippen molar-refractivity contribution in [1.82, 2.24) is 19.7 Å². The van der Waals surface area contributed by atoms with Gasteiger partial charge in [0.15, 0.2) is 10.8 Å². The lowest BCUT2D eigenvalue weighted by Gasteiger charge is -2.29. The van der Waals surface area contributed by atoms with Crippen LogP contribution in [0.1, 0.15) is 47.4 Å². The van der Waals surface area contributed by atoms with E-state index in [0.717, 1.165) is 21.8 Å². The highest BCUT2D eigenvalue weighted by atomic mass is 32.1. The Bertz CT molecular complexity index is 1190. The van der Waals surface area contributed by atoms with E-state index in [1.54, 1.807) is 29.0 Å². The highest BCUT2D eigenvalue weighted by molar-refractivity contribution is 7.15. The molecule has 2 aromatic heterocycles. The highest BCUT2D eigenvalue weighted by Crippen LogP contribution is 2.29. The van der Waals surface area contributed by atoms with Gasteiger partial charge in [-0.3, -0.25) is 10.1 Å². The zero-order chi connectivity index (χ0) is 23.8. The van der Waals surface area contributed by atoms with E-state index in [-0.39, 0.29) is 17.7 Å². The summed E-state index contributed by atoms with van der Waals surface area (Å²) in [6, 6.07) is 7.41. The maximum atomic E-state index is 12.8. The van der Waals surface area contributed by atoms with Gasteiger partial charge in [0.1, 0.15) is 17.0 Å². The third kappa shape index (κ3) is 5.16. The van der Waals surface area contributed by atoms with E-state index in [0.29, 0.717) is 30.4 Å². The molecule has 0 atom stereocenters. The van der Waals surface area contributed by atoms with Gasteiger partial charge in [0, 0.05) is 24.0 Å². The van der Waals surface area contributed by atoms with Crippen LogP contribution in [0.25, 0.3) is 5.69 Å². The molecular weight excluding hydrogens is 442 g/mol. The quantitative estimate of drug-likeness (QED) is 0.615. The molecule has 33 heavy (non-hydrogen) atoms. The number of amides is 2. The topological polar surface area (TPSA) is 98.6 Å². The summed E-state index contributed by atoms with van der Waals surface area (Å²) in [6.45, 7) is 8.46. The molecule has 0 unspecified atom stereocenters. The highest BCUT2D eigenvalue weighted by Gasteiger charge is 2.28. The summed E-state index contributed by atoms with van der Waals surface area (Å²) < 4.78 is 12.5. The Hall–Kier alpha value is -3.40. The largest absolute Gasteiger partial charge is 0.494 e. The molecule has 0 spiro atoms. The average molecular weight is 470 g/mol. The first kappa shape index (κ1) is 22.8. The molecule has 9 nitrogen and oxygen atoms in total. The van der Waals surface area contributed by atoms with Crippen molar-refractivity contribution in [2.45, 2.75) is 46.3 Å². The van der Waals surface area contributed by atoms with E-state index in [2.05, 4.69) is 15.4 Å². The van der Waals surface area contributed by atoms with Gasteiger partial charge in [-0.05, 0) is 51.5 Å². The lowest BCUT2D eigenvalue weighted by atomic mass is 10.2. The van der Waals surface area contributed by atoms with Crippen LogP contribution in [0.3, 0.4) is 0 Å². The molecule has 0 saturated carbocycles. The third-order valence-corrected chi connectivity index (χ3v) is 6.00. The number of hydrogen-bond donors (Lipinski definition) is 1. The first-order valence-electron chi connectivity index (χ1n) is 10.6. The van der Waals surface area contributed by atoms with E-state index < -0.39 is 5.60 Å². The molecular formula is C23H27N5O4S. The van der Waals surface area contributed by atoms with Gasteiger partial charge in [-0.25, -0.2) is 14.5 Å². The summed E-state index contributed by atoms with van der Waals surface area (Å²) >= 11 is 1.36. The number of fused-ring (bicyclic) bond motifs is 1. The Morgan fingerprint density at radius 2 is 2.00 bits per heavy atom. The molecule has 1 aromatic carbocycles. The molecule has 10 heteroatoms. The number of carbonyl (C=O) groups is 2. The summed E-state index contributed by atoms with van der Waals surface area (Å²) in [5, 5.41) is 7.72. The number of hydrogen-bond acceptors (Lipinski definition) is 7. The van der Waals surface area contributed by atoms with Gasteiger partial charge in [-0.1, -0.05) is 17.4 Å². The smallest absolute Gasteiger partial charge is 0.410 e. The molecule has 3 heterocycles. The second kappa shape index (κ2) is 8.86. The number of anilines is 1. The van der Waals surface area contributed by atoms with Crippen molar-refractivity contribution >= 4 is 28.5 Å². The molecule has 0 bridgehead atoms. The molecule has 3 aromatic rings. The molecule has 0 saturated heterocycles. The Balaban J connectivity index is 1.45. The fraction of sp³-hybridized carbons (Fsp3) is 0.391. The van der Waals surface area contributed by atoms with Crippen LogP contribution in [-0.2, 0) is 17.7 Å². The summed E-state index contributed by atoms with van der Waals surface area (Å²) in [7, 11) is 1.60. The van der Waals surface area contributed by atoms with Gasteiger partial charge in [0.25, 0.3) is 5.91 Å². The molecule has 0 fully saturated rings. The van der Waals surface area contributed by atoms with Gasteiger partial charge in [-0.2, -0.15) is 5.10 Å². The van der Waals surface area contributed by atoms with Crippen LogP contribution in [-0.4, -0.2) is 50.9 Å². The molecule has 1 N–H and O–H groups in total. The lowest BCUT2D eigenvalue weighted by molar-refractivity contribution is 0.0225. The van der Waals surface area contributed by atoms with Gasteiger partial charge >= 0.3 is 6.09 Å². The van der Waals surface area contributed by atoms with Gasteiger partial charge in [0.05, 0.1) is 19.3 Å². The minimum absolute atomic E-state index is 0.266. The number of ether oxygens (including phenoxy) is 2. The van der Waals surface area contributed by atoms with Crippen molar-refractivity contribution in [3.05, 3.63) is 52.3 Å². The van der Waals surface area contributed by atoms with Crippen LogP contribution in [0.5, 0.6) is 5.75 Å². The van der Waals surface area contributed by atoms with Crippen molar-refractivity contribution < 1.29 is 19.1 Å². The Morgan fingerprint density at radius 3 is 2.73 bits per heavy atom. The van der Waals surface area contributed by atoms with Crippen molar-refractivity contribution in [3.8, 4) is 11.4 Å². The van der Waals surface area contributed by atoms with Gasteiger partial charge in [0.2, 0.25) is 0 Å². The Kier molecular flexibility index (Phi) is 6.11. The second-order valence-corrected chi connectivity index (χ2v) is 9.90. The molecule has 1 aliphatic heterocycles. The van der Waals surface area contributed by atoms with Crippen molar-refractivity contribution in [1.29, 1.82) is 0 Å². The fourth-order valence-electron chi connectivity index (χ4n) is 3.45. The van der Waals surface area contributed by atoms with E-state index in [9.17, 15) is 9.59 Å². The molecule has 0 radical (unpaired) electrons. The third-order valence-electron chi connectivity index (χ3n) is 5.01. The first-order valence-corrected chi connectivity index (χ1v) is 11.4. The van der Waals surface area contributed by atoms with Crippen LogP contribution >= 0.6 is 11.3 Å². The standard InChI is InChI=1S/C23H27N5O4S/c1-14-6-7-18(31-5)17(12-14)28-11-9-16(26-28)20(29)25-21-24-15-8-10-27(13-19(15)33-21)22(30)32-23(2,3)4/h6-7,9,11-12H,8,10,13H2,1-5H3,(H,24,25,29). The zero-order valence-corrected chi connectivity index (χ0v) is 20.2. The predicted octanol–water partition coefficient (Wildman–Crippen LogP) is 4.19. The number of thiazole rings is 1. The Morgan fingerprint density at radius 1 is 1.21 bits per heavy atom. The number of carbonyl (C=O) groups excluding carboxylic acids is 2. The minimum atomic E-state index is -0.546. The number of benzene rings is 1. The van der Waals surface area contributed by atoms with Crippen molar-refractivity contribution in [2.75, 3.05) is 19.0 Å². The molecule has 2 amide bonds. The van der Waals surface area contributed by atoms with Crippen LogP contribution in [0.4, 0.5) is 9.93 Å². The predicted molar refractivity (Wildman–Crippen MR) is 125 cm³/mol. The molecule has 174 valence electrons. The first-order chi connectivity index (χ1) is 15.6. The fourth-order valence-corrected chi connectivity index (χ4v) is 4.47. The van der Waals surface area contributed by atoms with E-state index in [1.165, 1.54) is 11.3 Å². The molecule has 0 aliphatic carbocycles. The van der Waals surface area contributed by atoms with E-state index >= 15 is 0 Å². The zero-order valence-electron chi connectivity index (χ0n) is 19.3. The second-order valence-electron chi connectivity index (χ2n) is 8.82. The van der Waals surface area contributed by atoms with Crippen LogP contribution in [0, 0.1) is 6.92 Å². The van der Waals surface area contributed by atoms with Crippen LogP contribution in [0.15, 0.2) is 30.5 Å². The maximum Gasteiger partial charge on any atom is 0.410 e.